The zero-order chi connectivity index (χ0) is 21.0. The van der Waals surface area contributed by atoms with E-state index in [2.05, 4.69) is 15.7 Å². The van der Waals surface area contributed by atoms with Crippen LogP contribution < -0.4 is 10.6 Å². The minimum atomic E-state index is -3.51. The number of ether oxygens (including phenoxy) is 1. The summed E-state index contributed by atoms with van der Waals surface area (Å²) in [6.07, 6.45) is 2.79. The number of morpholine rings is 1. The number of benzene rings is 1. The molecule has 2 atom stereocenters. The molecule has 3 rings (SSSR count). The Bertz CT molecular complexity index is 941. The molecule has 2 heterocycles. The summed E-state index contributed by atoms with van der Waals surface area (Å²) in [6.45, 7) is 4.16. The fraction of sp³-hybridized carbons (Fsp3) is 0.444. The summed E-state index contributed by atoms with van der Waals surface area (Å²) in [5.41, 5.74) is 0.496. The van der Waals surface area contributed by atoms with Gasteiger partial charge < -0.3 is 15.4 Å². The Kier molecular flexibility index (Phi) is 6.50. The SMILES string of the molecule is C[C@@H]1CN(S(=O)(=O)CCNC(=O)Nc2ccc(-n3cccn3)c(F)c2)C[C@H](C)O1. The molecular weight excluding hydrogens is 401 g/mol. The molecule has 1 saturated heterocycles. The van der Waals surface area contributed by atoms with Crippen molar-refractivity contribution >= 4 is 21.7 Å². The standard InChI is InChI=1S/C18H24FN5O4S/c1-13-11-23(12-14(2)28-13)29(26,27)9-7-20-18(25)22-15-4-5-17(16(19)10-15)24-8-3-6-21-24/h3-6,8,10,13-14H,7,9,11-12H2,1-2H3,(H2,20,22,25)/t13-,14+. The normalized spacial score (nSPS) is 20.4. The average molecular weight is 425 g/mol. The third-order valence-electron chi connectivity index (χ3n) is 4.38. The second-order valence-corrected chi connectivity index (χ2v) is 8.98. The van der Waals surface area contributed by atoms with Gasteiger partial charge in [-0.3, -0.25) is 0 Å². The van der Waals surface area contributed by atoms with Crippen molar-refractivity contribution in [2.24, 2.45) is 0 Å². The van der Waals surface area contributed by atoms with Crippen molar-refractivity contribution in [1.29, 1.82) is 0 Å². The van der Waals surface area contributed by atoms with Gasteiger partial charge in [-0.1, -0.05) is 0 Å². The maximum Gasteiger partial charge on any atom is 0.319 e. The molecule has 158 valence electrons. The number of hydrogen-bond acceptors (Lipinski definition) is 5. The van der Waals surface area contributed by atoms with E-state index in [4.69, 9.17) is 4.74 Å². The van der Waals surface area contributed by atoms with Crippen LogP contribution in [-0.4, -0.2) is 66.1 Å². The minimum Gasteiger partial charge on any atom is -0.373 e. The summed E-state index contributed by atoms with van der Waals surface area (Å²) >= 11 is 0. The lowest BCUT2D eigenvalue weighted by Gasteiger charge is -2.34. The Labute approximate surface area is 168 Å². The van der Waals surface area contributed by atoms with E-state index in [1.54, 1.807) is 12.3 Å². The number of carbonyl (C=O) groups excluding carboxylic acids is 1. The topological polar surface area (TPSA) is 106 Å². The summed E-state index contributed by atoms with van der Waals surface area (Å²) in [4.78, 5) is 12.0. The molecule has 0 spiro atoms. The van der Waals surface area contributed by atoms with Crippen molar-refractivity contribution in [3.05, 3.63) is 42.5 Å². The first-order chi connectivity index (χ1) is 13.7. The van der Waals surface area contributed by atoms with Crippen molar-refractivity contribution in [2.45, 2.75) is 26.1 Å². The largest absolute Gasteiger partial charge is 0.373 e. The Hall–Kier alpha value is -2.50. The highest BCUT2D eigenvalue weighted by atomic mass is 32.2. The fourth-order valence-electron chi connectivity index (χ4n) is 3.14. The summed E-state index contributed by atoms with van der Waals surface area (Å²) in [7, 11) is -3.51. The highest BCUT2D eigenvalue weighted by molar-refractivity contribution is 7.89. The van der Waals surface area contributed by atoms with Crippen LogP contribution in [0.4, 0.5) is 14.9 Å². The maximum absolute atomic E-state index is 14.2. The lowest BCUT2D eigenvalue weighted by molar-refractivity contribution is -0.0440. The van der Waals surface area contributed by atoms with Gasteiger partial charge in [-0.25, -0.2) is 22.3 Å². The molecule has 0 saturated carbocycles. The third-order valence-corrected chi connectivity index (χ3v) is 6.19. The molecule has 1 aromatic carbocycles. The number of aromatic nitrogens is 2. The maximum atomic E-state index is 14.2. The molecule has 1 aliphatic rings. The first-order valence-electron chi connectivity index (χ1n) is 9.22. The highest BCUT2D eigenvalue weighted by Gasteiger charge is 2.30. The van der Waals surface area contributed by atoms with Crippen molar-refractivity contribution < 1.29 is 22.3 Å². The number of anilines is 1. The average Bonchev–Trinajstić information content (AvgIpc) is 3.15. The number of carbonyl (C=O) groups is 1. The van der Waals surface area contributed by atoms with E-state index in [0.29, 0.717) is 13.1 Å². The van der Waals surface area contributed by atoms with E-state index in [1.165, 1.54) is 33.4 Å². The van der Waals surface area contributed by atoms with Crippen LogP contribution in [0.2, 0.25) is 0 Å². The first kappa shape index (κ1) is 21.2. The van der Waals surface area contributed by atoms with Crippen LogP contribution in [-0.2, 0) is 14.8 Å². The Morgan fingerprint density at radius 1 is 1.31 bits per heavy atom. The van der Waals surface area contributed by atoms with E-state index in [0.717, 1.165) is 0 Å². The Morgan fingerprint density at radius 3 is 2.66 bits per heavy atom. The lowest BCUT2D eigenvalue weighted by atomic mass is 10.2. The molecule has 1 aliphatic heterocycles. The van der Waals surface area contributed by atoms with Gasteiger partial charge in [0, 0.05) is 37.7 Å². The van der Waals surface area contributed by atoms with Crippen LogP contribution >= 0.6 is 0 Å². The number of urea groups is 1. The number of amides is 2. The molecule has 2 amide bonds. The number of nitrogens with zero attached hydrogens (tertiary/aromatic N) is 3. The monoisotopic (exact) mass is 425 g/mol. The van der Waals surface area contributed by atoms with E-state index >= 15 is 0 Å². The quantitative estimate of drug-likeness (QED) is 0.731. The number of nitrogens with one attached hydrogen (secondary N) is 2. The predicted molar refractivity (Wildman–Crippen MR) is 106 cm³/mol. The molecule has 2 N–H and O–H groups in total. The van der Waals surface area contributed by atoms with Gasteiger partial charge >= 0.3 is 6.03 Å². The minimum absolute atomic E-state index is 0.0673. The molecular formula is C18H24FN5O4S. The third kappa shape index (κ3) is 5.52. The van der Waals surface area contributed by atoms with Crippen LogP contribution in [0.25, 0.3) is 5.69 Å². The molecule has 9 nitrogen and oxygen atoms in total. The van der Waals surface area contributed by atoms with Gasteiger partial charge in [0.1, 0.15) is 5.69 Å². The van der Waals surface area contributed by atoms with Crippen LogP contribution in [0.1, 0.15) is 13.8 Å². The molecule has 1 aromatic heterocycles. The zero-order valence-electron chi connectivity index (χ0n) is 16.2. The molecule has 0 aliphatic carbocycles. The Balaban J connectivity index is 1.50. The van der Waals surface area contributed by atoms with Crippen molar-refractivity contribution in [1.82, 2.24) is 19.4 Å². The van der Waals surface area contributed by atoms with Gasteiger partial charge in [0.15, 0.2) is 5.82 Å². The van der Waals surface area contributed by atoms with Crippen LogP contribution in [0.5, 0.6) is 0 Å². The summed E-state index contributed by atoms with van der Waals surface area (Å²) in [5, 5.41) is 8.93. The van der Waals surface area contributed by atoms with Crippen LogP contribution in [0, 0.1) is 5.82 Å². The second kappa shape index (κ2) is 8.89. The zero-order valence-corrected chi connectivity index (χ0v) is 17.0. The lowest BCUT2D eigenvalue weighted by Crippen LogP contribution is -2.49. The summed E-state index contributed by atoms with van der Waals surface area (Å²) < 4.78 is 47.4. The molecule has 11 heteroatoms. The smallest absolute Gasteiger partial charge is 0.319 e. The molecule has 0 radical (unpaired) electrons. The number of sulfonamides is 1. The van der Waals surface area contributed by atoms with Gasteiger partial charge in [-0.2, -0.15) is 9.40 Å². The fourth-order valence-corrected chi connectivity index (χ4v) is 4.63. The molecule has 0 unspecified atom stereocenters. The van der Waals surface area contributed by atoms with Gasteiger partial charge in [0.05, 0.1) is 18.0 Å². The van der Waals surface area contributed by atoms with Gasteiger partial charge in [-0.05, 0) is 38.1 Å². The van der Waals surface area contributed by atoms with Gasteiger partial charge in [-0.15, -0.1) is 0 Å². The molecule has 0 bridgehead atoms. The highest BCUT2D eigenvalue weighted by Crippen LogP contribution is 2.18. The van der Waals surface area contributed by atoms with E-state index in [-0.39, 0.29) is 35.9 Å². The van der Waals surface area contributed by atoms with Gasteiger partial charge in [0.2, 0.25) is 10.0 Å². The van der Waals surface area contributed by atoms with Crippen molar-refractivity contribution in [2.75, 3.05) is 30.7 Å². The van der Waals surface area contributed by atoms with E-state index in [1.807, 2.05) is 13.8 Å². The summed E-state index contributed by atoms with van der Waals surface area (Å²) in [5.74, 6) is -0.781. The van der Waals surface area contributed by atoms with Crippen LogP contribution in [0.3, 0.4) is 0 Å². The van der Waals surface area contributed by atoms with E-state index in [9.17, 15) is 17.6 Å². The predicted octanol–water partition coefficient (Wildman–Crippen LogP) is 1.57. The van der Waals surface area contributed by atoms with E-state index < -0.39 is 21.9 Å². The number of rotatable bonds is 6. The van der Waals surface area contributed by atoms with Crippen LogP contribution in [0.15, 0.2) is 36.7 Å². The second-order valence-electron chi connectivity index (χ2n) is 6.89. The molecule has 2 aromatic rings. The summed E-state index contributed by atoms with van der Waals surface area (Å²) in [6, 6.07) is 5.25. The van der Waals surface area contributed by atoms with Crippen molar-refractivity contribution in [3.63, 3.8) is 0 Å². The number of hydrogen-bond donors (Lipinski definition) is 2. The number of halogens is 1. The Morgan fingerprint density at radius 2 is 2.03 bits per heavy atom. The van der Waals surface area contributed by atoms with Crippen molar-refractivity contribution in [3.8, 4) is 5.69 Å². The first-order valence-corrected chi connectivity index (χ1v) is 10.8. The molecule has 29 heavy (non-hydrogen) atoms. The molecule has 1 fully saturated rings. The van der Waals surface area contributed by atoms with Gasteiger partial charge in [0.25, 0.3) is 0 Å².